The van der Waals surface area contributed by atoms with Gasteiger partial charge in [-0.05, 0) is 21.9 Å². The fourth-order valence-corrected chi connectivity index (χ4v) is 4.36. The Labute approximate surface area is 208 Å². The van der Waals surface area contributed by atoms with Gasteiger partial charge in [0.15, 0.2) is 6.29 Å². The minimum atomic E-state index is -1.66. The molecular weight excluding hydrogens is 464 g/mol. The number of carbonyl (C=O) groups excluding carboxylic acids is 2. The monoisotopic (exact) mass is 494 g/mol. The molecule has 6 atom stereocenters. The quantitative estimate of drug-likeness (QED) is 0.259. The van der Waals surface area contributed by atoms with Crippen LogP contribution in [0.4, 0.5) is 0 Å². The van der Waals surface area contributed by atoms with E-state index in [1.54, 1.807) is 0 Å². The van der Waals surface area contributed by atoms with Crippen molar-refractivity contribution in [1.82, 2.24) is 10.6 Å². The zero-order valence-electron chi connectivity index (χ0n) is 19.5. The summed E-state index contributed by atoms with van der Waals surface area (Å²) in [4.78, 5) is 26.1. The second-order valence-corrected chi connectivity index (χ2v) is 8.93. The number of hydrogen-bond donors (Lipinski definition) is 6. The number of amides is 2. The second-order valence-electron chi connectivity index (χ2n) is 8.93. The molecule has 0 saturated carbocycles. The fraction of sp³-hybridized carbons (Fsp3) is 0.333. The van der Waals surface area contributed by atoms with Crippen LogP contribution in [-0.2, 0) is 27.2 Å². The molecule has 190 valence electrons. The average Bonchev–Trinajstić information content (AvgIpc) is 2.88. The van der Waals surface area contributed by atoms with Crippen LogP contribution in [0.2, 0.25) is 0 Å². The van der Waals surface area contributed by atoms with Gasteiger partial charge < -0.3 is 35.8 Å². The predicted octanol–water partition coefficient (Wildman–Crippen LogP) is 0.0259. The van der Waals surface area contributed by atoms with E-state index in [0.717, 1.165) is 21.9 Å². The van der Waals surface area contributed by atoms with Crippen LogP contribution in [0.3, 0.4) is 0 Å². The summed E-state index contributed by atoms with van der Waals surface area (Å²) in [6.07, 6.45) is -5.73. The number of nitrogens with one attached hydrogen (secondary N) is 2. The molecular formula is C27H30N2O7. The maximum Gasteiger partial charge on any atom is 0.243 e. The van der Waals surface area contributed by atoms with E-state index in [4.69, 9.17) is 4.74 Å². The van der Waals surface area contributed by atoms with E-state index >= 15 is 0 Å². The Kier molecular flexibility index (Phi) is 8.29. The smallest absolute Gasteiger partial charge is 0.243 e. The molecule has 2 amide bonds. The van der Waals surface area contributed by atoms with Crippen molar-refractivity contribution in [3.8, 4) is 0 Å². The lowest BCUT2D eigenvalue weighted by Crippen LogP contribution is -2.65. The lowest BCUT2D eigenvalue weighted by atomic mass is 9.96. The third-order valence-corrected chi connectivity index (χ3v) is 6.32. The topological polar surface area (TPSA) is 148 Å². The summed E-state index contributed by atoms with van der Waals surface area (Å²) >= 11 is 0. The van der Waals surface area contributed by atoms with Crippen molar-refractivity contribution < 1.29 is 34.8 Å². The minimum absolute atomic E-state index is 0.0537. The average molecular weight is 495 g/mol. The summed E-state index contributed by atoms with van der Waals surface area (Å²) in [5, 5.41) is 47.3. The number of ether oxygens (including phenoxy) is 1. The molecule has 1 fully saturated rings. The molecule has 0 spiro atoms. The van der Waals surface area contributed by atoms with Crippen molar-refractivity contribution >= 4 is 22.6 Å². The fourth-order valence-electron chi connectivity index (χ4n) is 4.36. The van der Waals surface area contributed by atoms with E-state index in [0.29, 0.717) is 0 Å². The molecule has 6 unspecified atom stereocenters. The number of hydrogen-bond acceptors (Lipinski definition) is 7. The van der Waals surface area contributed by atoms with Crippen molar-refractivity contribution in [3.05, 3.63) is 83.9 Å². The van der Waals surface area contributed by atoms with E-state index in [9.17, 15) is 30.0 Å². The highest BCUT2D eigenvalue weighted by Crippen LogP contribution is 2.20. The Bertz CT molecular complexity index is 1190. The number of rotatable bonds is 8. The third-order valence-electron chi connectivity index (χ3n) is 6.32. The van der Waals surface area contributed by atoms with Gasteiger partial charge in [-0.25, -0.2) is 0 Å². The maximum absolute atomic E-state index is 13.2. The van der Waals surface area contributed by atoms with Crippen LogP contribution in [0.15, 0.2) is 72.8 Å². The van der Waals surface area contributed by atoms with Gasteiger partial charge in [-0.2, -0.15) is 0 Å². The van der Waals surface area contributed by atoms with Crippen molar-refractivity contribution in [2.45, 2.75) is 49.5 Å². The van der Waals surface area contributed by atoms with Crippen LogP contribution in [0.25, 0.3) is 10.8 Å². The molecule has 0 radical (unpaired) electrons. The number of benzene rings is 3. The number of carbonyl (C=O) groups is 2. The number of aliphatic hydroxyl groups is 4. The molecule has 36 heavy (non-hydrogen) atoms. The van der Waals surface area contributed by atoms with E-state index in [-0.39, 0.29) is 18.7 Å². The molecule has 0 aromatic heterocycles. The first-order valence-corrected chi connectivity index (χ1v) is 11.8. The highest BCUT2D eigenvalue weighted by Gasteiger charge is 2.44. The zero-order valence-corrected chi connectivity index (χ0v) is 19.5. The molecule has 1 saturated heterocycles. The van der Waals surface area contributed by atoms with E-state index in [2.05, 4.69) is 10.6 Å². The van der Waals surface area contributed by atoms with E-state index < -0.39 is 49.2 Å². The molecule has 0 bridgehead atoms. The van der Waals surface area contributed by atoms with E-state index in [1.165, 1.54) is 0 Å². The van der Waals surface area contributed by atoms with Crippen molar-refractivity contribution in [2.75, 3.05) is 6.61 Å². The molecule has 9 nitrogen and oxygen atoms in total. The highest BCUT2D eigenvalue weighted by molar-refractivity contribution is 5.90. The summed E-state index contributed by atoms with van der Waals surface area (Å²) in [7, 11) is 0. The summed E-state index contributed by atoms with van der Waals surface area (Å²) in [5.74, 6) is -1.03. The molecule has 1 heterocycles. The maximum atomic E-state index is 13.2. The molecule has 6 N–H and O–H groups in total. The second kappa shape index (κ2) is 11.6. The zero-order chi connectivity index (χ0) is 25.7. The Balaban J connectivity index is 1.48. The van der Waals surface area contributed by atoms with E-state index in [1.807, 2.05) is 72.8 Å². The minimum Gasteiger partial charge on any atom is -0.394 e. The lowest BCUT2D eigenvalue weighted by molar-refractivity contribution is -0.254. The first-order valence-electron chi connectivity index (χ1n) is 11.8. The Morgan fingerprint density at radius 1 is 0.861 bits per heavy atom. The van der Waals surface area contributed by atoms with Gasteiger partial charge in [-0.15, -0.1) is 0 Å². The van der Waals surface area contributed by atoms with Crippen LogP contribution >= 0.6 is 0 Å². The Morgan fingerprint density at radius 2 is 1.56 bits per heavy atom. The standard InChI is InChI=1S/C27H30N2O7/c30-15-21-24(32)25(33)23(27(35)36-21)29-26(34)20(13-16-6-2-1-3-7-16)28-22(31)14-17-10-11-18-8-4-5-9-19(18)12-17/h1-12,20-21,23-25,27,30,32-33,35H,13-15H2,(H,28,31)(H,29,34). The molecule has 0 aliphatic carbocycles. The molecule has 1 aliphatic rings. The molecule has 9 heteroatoms. The van der Waals surface area contributed by atoms with Gasteiger partial charge in [0.1, 0.15) is 30.4 Å². The first-order chi connectivity index (χ1) is 17.4. The number of aliphatic hydroxyl groups excluding tert-OH is 4. The van der Waals surface area contributed by atoms with Crippen LogP contribution in [-0.4, -0.2) is 75.5 Å². The Hall–Kier alpha value is -3.34. The summed E-state index contributed by atoms with van der Waals surface area (Å²) in [5.41, 5.74) is 1.58. The summed E-state index contributed by atoms with van der Waals surface area (Å²) in [6.45, 7) is -0.614. The first kappa shape index (κ1) is 25.7. The van der Waals surface area contributed by atoms with Gasteiger partial charge in [0.05, 0.1) is 13.0 Å². The highest BCUT2D eigenvalue weighted by atomic mass is 16.6. The van der Waals surface area contributed by atoms with Crippen LogP contribution in [0.1, 0.15) is 11.1 Å². The molecule has 1 aliphatic heterocycles. The SMILES string of the molecule is O=C(Cc1ccc2ccccc2c1)NC(Cc1ccccc1)C(=O)NC1C(O)OC(CO)C(O)C1O. The normalized spacial score (nSPS) is 24.7. The number of fused-ring (bicyclic) bond motifs is 1. The van der Waals surface area contributed by atoms with Crippen LogP contribution < -0.4 is 10.6 Å². The van der Waals surface area contributed by atoms with Gasteiger partial charge in [-0.1, -0.05) is 72.8 Å². The third kappa shape index (κ3) is 6.07. The molecule has 3 aromatic rings. The molecule has 3 aromatic carbocycles. The van der Waals surface area contributed by atoms with Gasteiger partial charge in [0.2, 0.25) is 11.8 Å². The van der Waals surface area contributed by atoms with Gasteiger partial charge in [0.25, 0.3) is 0 Å². The van der Waals surface area contributed by atoms with Crippen LogP contribution in [0, 0.1) is 0 Å². The van der Waals surface area contributed by atoms with Gasteiger partial charge >= 0.3 is 0 Å². The predicted molar refractivity (Wildman–Crippen MR) is 132 cm³/mol. The van der Waals surface area contributed by atoms with Crippen LogP contribution in [0.5, 0.6) is 0 Å². The van der Waals surface area contributed by atoms with Gasteiger partial charge in [-0.3, -0.25) is 9.59 Å². The summed E-state index contributed by atoms with van der Waals surface area (Å²) in [6, 6.07) is 20.2. The lowest BCUT2D eigenvalue weighted by Gasteiger charge is -2.40. The largest absolute Gasteiger partial charge is 0.394 e. The Morgan fingerprint density at radius 3 is 2.28 bits per heavy atom. The van der Waals surface area contributed by atoms with Crippen molar-refractivity contribution in [2.24, 2.45) is 0 Å². The molecule has 4 rings (SSSR count). The van der Waals surface area contributed by atoms with Crippen molar-refractivity contribution in [3.63, 3.8) is 0 Å². The van der Waals surface area contributed by atoms with Crippen molar-refractivity contribution in [1.29, 1.82) is 0 Å². The van der Waals surface area contributed by atoms with Gasteiger partial charge in [0, 0.05) is 6.42 Å². The summed E-state index contributed by atoms with van der Waals surface area (Å²) < 4.78 is 5.12.